The lowest BCUT2D eigenvalue weighted by atomic mass is 10.2. The minimum Gasteiger partial charge on any atom is -0.378 e. The van der Waals surface area contributed by atoms with Crippen molar-refractivity contribution in [2.75, 3.05) is 63.7 Å². The highest BCUT2D eigenvalue weighted by Crippen LogP contribution is 2.26. The maximum atomic E-state index is 12.6. The van der Waals surface area contributed by atoms with E-state index in [4.69, 9.17) is 11.6 Å². The molecule has 2 aromatic carbocycles. The van der Waals surface area contributed by atoms with Gasteiger partial charge < -0.3 is 14.7 Å². The van der Waals surface area contributed by atoms with E-state index in [0.717, 1.165) is 48.1 Å². The van der Waals surface area contributed by atoms with Crippen LogP contribution >= 0.6 is 11.6 Å². The quantitative estimate of drug-likeness (QED) is 0.745. The lowest BCUT2D eigenvalue weighted by Crippen LogP contribution is -2.49. The molecule has 0 bridgehead atoms. The van der Waals surface area contributed by atoms with Gasteiger partial charge in [-0.05, 0) is 29.8 Å². The van der Waals surface area contributed by atoms with E-state index in [0.29, 0.717) is 13.1 Å². The van der Waals surface area contributed by atoms with Gasteiger partial charge in [-0.2, -0.15) is 0 Å². The number of benzene rings is 2. The molecule has 3 rings (SSSR count). The van der Waals surface area contributed by atoms with Crippen molar-refractivity contribution in [2.45, 2.75) is 6.54 Å². The van der Waals surface area contributed by atoms with E-state index in [1.165, 1.54) is 0 Å². The monoisotopic (exact) mass is 400 g/mol. The van der Waals surface area contributed by atoms with E-state index in [-0.39, 0.29) is 5.91 Å². The molecule has 2 aromatic rings. The van der Waals surface area contributed by atoms with Gasteiger partial charge in [0.05, 0.1) is 17.3 Å². The van der Waals surface area contributed by atoms with Crippen molar-refractivity contribution in [3.05, 3.63) is 59.1 Å². The molecule has 0 N–H and O–H groups in total. The van der Waals surface area contributed by atoms with Crippen molar-refractivity contribution in [1.29, 1.82) is 0 Å². The fourth-order valence-corrected chi connectivity index (χ4v) is 3.68. The van der Waals surface area contributed by atoms with Crippen molar-refractivity contribution in [3.63, 3.8) is 0 Å². The number of carbonyl (C=O) groups is 1. The van der Waals surface area contributed by atoms with Crippen LogP contribution in [0.2, 0.25) is 5.02 Å². The van der Waals surface area contributed by atoms with Gasteiger partial charge in [0.15, 0.2) is 0 Å². The second-order valence-electron chi connectivity index (χ2n) is 7.53. The van der Waals surface area contributed by atoms with E-state index in [9.17, 15) is 4.79 Å². The van der Waals surface area contributed by atoms with E-state index in [1.54, 1.807) is 0 Å². The average Bonchev–Trinajstić information content (AvgIpc) is 2.69. The van der Waals surface area contributed by atoms with Gasteiger partial charge in [-0.25, -0.2) is 0 Å². The predicted molar refractivity (Wildman–Crippen MR) is 117 cm³/mol. The van der Waals surface area contributed by atoms with Crippen molar-refractivity contribution in [3.8, 4) is 0 Å². The number of hydrogen-bond donors (Lipinski definition) is 0. The first-order valence-corrected chi connectivity index (χ1v) is 10.0. The Balaban J connectivity index is 1.48. The molecule has 1 aliphatic heterocycles. The van der Waals surface area contributed by atoms with Gasteiger partial charge in [-0.15, -0.1) is 0 Å². The molecule has 1 fully saturated rings. The molecule has 0 atom stereocenters. The molecule has 5 nitrogen and oxygen atoms in total. The van der Waals surface area contributed by atoms with Crippen molar-refractivity contribution < 1.29 is 4.79 Å². The third-order valence-corrected chi connectivity index (χ3v) is 5.54. The maximum absolute atomic E-state index is 12.6. The topological polar surface area (TPSA) is 30.0 Å². The molecule has 1 amide bonds. The summed E-state index contributed by atoms with van der Waals surface area (Å²) < 4.78 is 0. The van der Waals surface area contributed by atoms with Gasteiger partial charge in [0, 0.05) is 59.6 Å². The Kier molecular flexibility index (Phi) is 6.81. The molecule has 0 spiro atoms. The zero-order valence-electron chi connectivity index (χ0n) is 16.9. The Hall–Kier alpha value is -2.24. The number of rotatable bonds is 6. The number of likely N-dealkylation sites (N-methyl/N-ethyl adjacent to an activating group) is 1. The smallest absolute Gasteiger partial charge is 0.236 e. The van der Waals surface area contributed by atoms with Gasteiger partial charge in [-0.3, -0.25) is 9.69 Å². The summed E-state index contributed by atoms with van der Waals surface area (Å²) in [5, 5.41) is 0.784. The van der Waals surface area contributed by atoms with E-state index >= 15 is 0 Å². The number of amides is 1. The largest absolute Gasteiger partial charge is 0.378 e. The van der Waals surface area contributed by atoms with Gasteiger partial charge in [0.2, 0.25) is 5.91 Å². The standard InChI is InChI=1S/C22H29ClN4O/c1-24(2)19-10-8-18(9-11-19)16-25(3)22(28)17-26-12-14-27(15-13-26)21-7-5-4-6-20(21)23/h4-11H,12-17H2,1-3H3. The first-order chi connectivity index (χ1) is 13.4. The zero-order chi connectivity index (χ0) is 20.1. The van der Waals surface area contributed by atoms with Crippen LogP contribution in [0.15, 0.2) is 48.5 Å². The first-order valence-electron chi connectivity index (χ1n) is 9.66. The van der Waals surface area contributed by atoms with Crippen LogP contribution in [0.25, 0.3) is 0 Å². The average molecular weight is 401 g/mol. The van der Waals surface area contributed by atoms with E-state index < -0.39 is 0 Å². The summed E-state index contributed by atoms with van der Waals surface area (Å²) in [6.07, 6.45) is 0. The fourth-order valence-electron chi connectivity index (χ4n) is 3.43. The molecular weight excluding hydrogens is 372 g/mol. The number of anilines is 2. The third-order valence-electron chi connectivity index (χ3n) is 5.22. The highest BCUT2D eigenvalue weighted by Gasteiger charge is 2.21. The minimum absolute atomic E-state index is 0.155. The molecule has 0 radical (unpaired) electrons. The van der Waals surface area contributed by atoms with Crippen LogP contribution in [-0.2, 0) is 11.3 Å². The molecule has 1 heterocycles. The van der Waals surface area contributed by atoms with Gasteiger partial charge >= 0.3 is 0 Å². The molecule has 150 valence electrons. The molecule has 0 saturated carbocycles. The second kappa shape index (κ2) is 9.30. The highest BCUT2D eigenvalue weighted by molar-refractivity contribution is 6.33. The highest BCUT2D eigenvalue weighted by atomic mass is 35.5. The van der Waals surface area contributed by atoms with E-state index in [2.05, 4.69) is 45.0 Å². The van der Waals surface area contributed by atoms with Crippen LogP contribution in [0.5, 0.6) is 0 Å². The van der Waals surface area contributed by atoms with Crippen molar-refractivity contribution >= 4 is 28.9 Å². The predicted octanol–water partition coefficient (Wildman–Crippen LogP) is 3.19. The van der Waals surface area contributed by atoms with Crippen LogP contribution < -0.4 is 9.80 Å². The molecule has 6 heteroatoms. The minimum atomic E-state index is 0.155. The van der Waals surface area contributed by atoms with Crippen LogP contribution in [0.1, 0.15) is 5.56 Å². The maximum Gasteiger partial charge on any atom is 0.236 e. The summed E-state index contributed by atoms with van der Waals surface area (Å²) in [6, 6.07) is 16.3. The van der Waals surface area contributed by atoms with Gasteiger partial charge in [0.25, 0.3) is 0 Å². The van der Waals surface area contributed by atoms with Crippen molar-refractivity contribution in [2.24, 2.45) is 0 Å². The van der Waals surface area contributed by atoms with Gasteiger partial charge in [-0.1, -0.05) is 35.9 Å². The van der Waals surface area contributed by atoms with Crippen molar-refractivity contribution in [1.82, 2.24) is 9.80 Å². The number of nitrogens with zero attached hydrogens (tertiary/aromatic N) is 4. The SMILES string of the molecule is CN(Cc1ccc(N(C)C)cc1)C(=O)CN1CCN(c2ccccc2Cl)CC1. The summed E-state index contributed by atoms with van der Waals surface area (Å²) in [5.74, 6) is 0.155. The lowest BCUT2D eigenvalue weighted by molar-refractivity contribution is -0.131. The summed E-state index contributed by atoms with van der Waals surface area (Å²) in [5.41, 5.74) is 3.38. The normalized spacial score (nSPS) is 14.8. The fraction of sp³-hybridized carbons (Fsp3) is 0.409. The Morgan fingerprint density at radius 2 is 1.61 bits per heavy atom. The molecular formula is C22H29ClN4O. The van der Waals surface area contributed by atoms with Gasteiger partial charge in [0.1, 0.15) is 0 Å². The zero-order valence-corrected chi connectivity index (χ0v) is 17.7. The molecule has 28 heavy (non-hydrogen) atoms. The Morgan fingerprint density at radius 3 is 2.21 bits per heavy atom. The Labute approximate surface area is 173 Å². The number of hydrogen-bond acceptors (Lipinski definition) is 4. The number of halogens is 1. The molecule has 1 aliphatic rings. The van der Waals surface area contributed by atoms with Crippen LogP contribution in [0.4, 0.5) is 11.4 Å². The molecule has 0 aromatic heterocycles. The lowest BCUT2D eigenvalue weighted by Gasteiger charge is -2.36. The summed E-state index contributed by atoms with van der Waals surface area (Å²) in [4.78, 5) is 21.0. The summed E-state index contributed by atoms with van der Waals surface area (Å²) in [7, 11) is 5.93. The summed E-state index contributed by atoms with van der Waals surface area (Å²) in [6.45, 7) is 4.58. The Bertz CT molecular complexity index is 785. The number of para-hydroxylation sites is 1. The van der Waals surface area contributed by atoms with E-state index in [1.807, 2.05) is 44.2 Å². The molecule has 0 unspecified atom stereocenters. The summed E-state index contributed by atoms with van der Waals surface area (Å²) >= 11 is 6.31. The van der Waals surface area contributed by atoms with Crippen LogP contribution in [-0.4, -0.2) is 69.6 Å². The second-order valence-corrected chi connectivity index (χ2v) is 7.93. The van der Waals surface area contributed by atoms with Crippen LogP contribution in [0.3, 0.4) is 0 Å². The first kappa shape index (κ1) is 20.5. The number of carbonyl (C=O) groups excluding carboxylic acids is 1. The van der Waals surface area contributed by atoms with Crippen LogP contribution in [0, 0.1) is 0 Å². The molecule has 0 aliphatic carbocycles. The number of piperazine rings is 1. The molecule has 1 saturated heterocycles. The third kappa shape index (κ3) is 5.18. The Morgan fingerprint density at radius 1 is 0.964 bits per heavy atom.